The first-order chi connectivity index (χ1) is 7.92. The van der Waals surface area contributed by atoms with Crippen molar-refractivity contribution in [1.29, 1.82) is 0 Å². The van der Waals surface area contributed by atoms with Crippen LogP contribution in [0.15, 0.2) is 18.2 Å². The quantitative estimate of drug-likeness (QED) is 0.760. The fourth-order valence-electron chi connectivity index (χ4n) is 2.39. The van der Waals surface area contributed by atoms with Crippen molar-refractivity contribution < 1.29 is 9.47 Å². The molecule has 1 saturated heterocycles. The van der Waals surface area contributed by atoms with Gasteiger partial charge in [-0.05, 0) is 43.6 Å². The van der Waals surface area contributed by atoms with Gasteiger partial charge >= 0.3 is 0 Å². The zero-order valence-corrected chi connectivity index (χ0v) is 9.45. The Labute approximate surface area is 96.0 Å². The molecule has 3 rings (SSSR count). The Morgan fingerprint density at radius 1 is 1.00 bits per heavy atom. The van der Waals surface area contributed by atoms with Crippen LogP contribution in [-0.2, 0) is 6.54 Å². The lowest BCUT2D eigenvalue weighted by atomic mass is 10.2. The predicted molar refractivity (Wildman–Crippen MR) is 61.9 cm³/mol. The molecular weight excluding hydrogens is 202 g/mol. The van der Waals surface area contributed by atoms with E-state index < -0.39 is 0 Å². The highest BCUT2D eigenvalue weighted by Gasteiger charge is 2.15. The summed E-state index contributed by atoms with van der Waals surface area (Å²) in [7, 11) is 0. The molecule has 0 saturated carbocycles. The van der Waals surface area contributed by atoms with Crippen LogP contribution >= 0.6 is 0 Å². The van der Waals surface area contributed by atoms with Gasteiger partial charge in [0.15, 0.2) is 11.5 Å². The SMILES string of the molecule is c1cc2c(cc1CN1CCCC1)OCCO2. The third kappa shape index (κ3) is 2.00. The zero-order chi connectivity index (χ0) is 10.8. The van der Waals surface area contributed by atoms with Crippen molar-refractivity contribution in [3.8, 4) is 11.5 Å². The lowest BCUT2D eigenvalue weighted by molar-refractivity contribution is 0.171. The maximum atomic E-state index is 5.59. The summed E-state index contributed by atoms with van der Waals surface area (Å²) in [6.07, 6.45) is 2.68. The van der Waals surface area contributed by atoms with E-state index in [4.69, 9.17) is 9.47 Å². The van der Waals surface area contributed by atoms with Crippen molar-refractivity contribution in [3.63, 3.8) is 0 Å². The molecule has 0 aromatic heterocycles. The molecule has 2 heterocycles. The summed E-state index contributed by atoms with van der Waals surface area (Å²) >= 11 is 0. The van der Waals surface area contributed by atoms with Gasteiger partial charge in [0.05, 0.1) is 0 Å². The van der Waals surface area contributed by atoms with E-state index in [0.29, 0.717) is 13.2 Å². The molecule has 16 heavy (non-hydrogen) atoms. The normalized spacial score (nSPS) is 20.0. The van der Waals surface area contributed by atoms with Crippen LogP contribution in [-0.4, -0.2) is 31.2 Å². The number of ether oxygens (including phenoxy) is 2. The largest absolute Gasteiger partial charge is 0.486 e. The van der Waals surface area contributed by atoms with Crippen LogP contribution in [0.3, 0.4) is 0 Å². The highest BCUT2D eigenvalue weighted by atomic mass is 16.6. The van der Waals surface area contributed by atoms with Gasteiger partial charge in [-0.2, -0.15) is 0 Å². The van der Waals surface area contributed by atoms with E-state index in [0.717, 1.165) is 18.0 Å². The maximum Gasteiger partial charge on any atom is 0.161 e. The molecular formula is C13H17NO2. The van der Waals surface area contributed by atoms with Crippen molar-refractivity contribution >= 4 is 0 Å². The first-order valence-corrected chi connectivity index (χ1v) is 6.03. The van der Waals surface area contributed by atoms with Crippen LogP contribution in [0.4, 0.5) is 0 Å². The van der Waals surface area contributed by atoms with Crippen LogP contribution in [0.5, 0.6) is 11.5 Å². The minimum absolute atomic E-state index is 0.665. The summed E-state index contributed by atoms with van der Waals surface area (Å²) in [5.74, 6) is 1.79. The van der Waals surface area contributed by atoms with Crippen LogP contribution in [0.1, 0.15) is 18.4 Å². The average Bonchev–Trinajstić information content (AvgIpc) is 2.82. The number of hydrogen-bond acceptors (Lipinski definition) is 3. The molecule has 0 radical (unpaired) electrons. The van der Waals surface area contributed by atoms with E-state index >= 15 is 0 Å². The van der Waals surface area contributed by atoms with Gasteiger partial charge in [0.25, 0.3) is 0 Å². The third-order valence-electron chi connectivity index (χ3n) is 3.21. The molecule has 1 fully saturated rings. The molecule has 2 aliphatic rings. The van der Waals surface area contributed by atoms with Gasteiger partial charge in [-0.15, -0.1) is 0 Å². The second-order valence-corrected chi connectivity index (χ2v) is 4.46. The summed E-state index contributed by atoms with van der Waals surface area (Å²) in [5.41, 5.74) is 1.33. The van der Waals surface area contributed by atoms with Crippen molar-refractivity contribution in [2.24, 2.45) is 0 Å². The summed E-state index contributed by atoms with van der Waals surface area (Å²) in [6.45, 7) is 4.83. The molecule has 86 valence electrons. The molecule has 1 aromatic rings. The van der Waals surface area contributed by atoms with E-state index in [9.17, 15) is 0 Å². The average molecular weight is 219 g/mol. The number of benzene rings is 1. The topological polar surface area (TPSA) is 21.7 Å². The fraction of sp³-hybridized carbons (Fsp3) is 0.538. The first kappa shape index (κ1) is 9.97. The monoisotopic (exact) mass is 219 g/mol. The van der Waals surface area contributed by atoms with Gasteiger partial charge in [0.1, 0.15) is 13.2 Å². The van der Waals surface area contributed by atoms with Gasteiger partial charge in [-0.25, -0.2) is 0 Å². The summed E-state index contributed by atoms with van der Waals surface area (Å²) < 4.78 is 11.1. The second kappa shape index (κ2) is 4.34. The molecule has 0 spiro atoms. The number of nitrogens with zero attached hydrogens (tertiary/aromatic N) is 1. The molecule has 0 unspecified atom stereocenters. The van der Waals surface area contributed by atoms with Gasteiger partial charge in [0.2, 0.25) is 0 Å². The van der Waals surface area contributed by atoms with Crippen molar-refractivity contribution in [2.45, 2.75) is 19.4 Å². The standard InChI is InChI=1S/C13H17NO2/c1-2-6-14(5-1)10-11-3-4-12-13(9-11)16-8-7-15-12/h3-4,9H,1-2,5-8,10H2. The van der Waals surface area contributed by atoms with E-state index in [1.807, 2.05) is 6.07 Å². The van der Waals surface area contributed by atoms with Gasteiger partial charge in [-0.1, -0.05) is 6.07 Å². The van der Waals surface area contributed by atoms with Crippen molar-refractivity contribution in [2.75, 3.05) is 26.3 Å². The van der Waals surface area contributed by atoms with Gasteiger partial charge < -0.3 is 9.47 Å². The molecule has 0 bridgehead atoms. The smallest absolute Gasteiger partial charge is 0.161 e. The Bertz CT molecular complexity index is 372. The summed E-state index contributed by atoms with van der Waals surface area (Å²) in [5, 5.41) is 0. The van der Waals surface area contributed by atoms with Crippen LogP contribution in [0, 0.1) is 0 Å². The van der Waals surface area contributed by atoms with Crippen molar-refractivity contribution in [3.05, 3.63) is 23.8 Å². The summed E-state index contributed by atoms with van der Waals surface area (Å²) in [4.78, 5) is 2.49. The molecule has 0 N–H and O–H groups in total. The van der Waals surface area contributed by atoms with E-state index in [1.54, 1.807) is 0 Å². The number of hydrogen-bond donors (Lipinski definition) is 0. The lowest BCUT2D eigenvalue weighted by Gasteiger charge is -2.20. The molecule has 0 atom stereocenters. The number of fused-ring (bicyclic) bond motifs is 1. The minimum Gasteiger partial charge on any atom is -0.486 e. The number of rotatable bonds is 2. The lowest BCUT2D eigenvalue weighted by Crippen LogP contribution is -2.19. The third-order valence-corrected chi connectivity index (χ3v) is 3.21. The maximum absolute atomic E-state index is 5.59. The highest BCUT2D eigenvalue weighted by molar-refractivity contribution is 5.43. The Morgan fingerprint density at radius 3 is 2.56 bits per heavy atom. The Kier molecular flexibility index (Phi) is 2.70. The summed E-state index contributed by atoms with van der Waals surface area (Å²) in [6, 6.07) is 6.29. The molecule has 1 aromatic carbocycles. The Morgan fingerprint density at radius 2 is 1.75 bits per heavy atom. The first-order valence-electron chi connectivity index (χ1n) is 6.03. The van der Waals surface area contributed by atoms with Gasteiger partial charge in [-0.3, -0.25) is 4.90 Å². The number of likely N-dealkylation sites (tertiary alicyclic amines) is 1. The molecule has 0 aliphatic carbocycles. The molecule has 3 nitrogen and oxygen atoms in total. The van der Waals surface area contributed by atoms with E-state index in [1.165, 1.54) is 31.5 Å². The fourth-order valence-corrected chi connectivity index (χ4v) is 2.39. The van der Waals surface area contributed by atoms with Crippen LogP contribution < -0.4 is 9.47 Å². The predicted octanol–water partition coefficient (Wildman–Crippen LogP) is 2.05. The Balaban J connectivity index is 1.74. The Hall–Kier alpha value is -1.22. The molecule has 2 aliphatic heterocycles. The van der Waals surface area contributed by atoms with Gasteiger partial charge in [0, 0.05) is 6.54 Å². The van der Waals surface area contributed by atoms with Crippen LogP contribution in [0.25, 0.3) is 0 Å². The highest BCUT2D eigenvalue weighted by Crippen LogP contribution is 2.31. The minimum atomic E-state index is 0.665. The molecule has 0 amide bonds. The molecule has 3 heteroatoms. The van der Waals surface area contributed by atoms with E-state index in [2.05, 4.69) is 17.0 Å². The second-order valence-electron chi connectivity index (χ2n) is 4.46. The van der Waals surface area contributed by atoms with E-state index in [-0.39, 0.29) is 0 Å². The van der Waals surface area contributed by atoms with Crippen LogP contribution in [0.2, 0.25) is 0 Å². The van der Waals surface area contributed by atoms with Crippen molar-refractivity contribution in [1.82, 2.24) is 4.90 Å². The zero-order valence-electron chi connectivity index (χ0n) is 9.45.